The molecular weight excluding hydrogens is 296 g/mol. The van der Waals surface area contributed by atoms with E-state index >= 15 is 0 Å². The summed E-state index contributed by atoms with van der Waals surface area (Å²) in [4.78, 5) is 11.8. The van der Waals surface area contributed by atoms with Crippen LogP contribution in [0.15, 0.2) is 0 Å². The SMILES string of the molecule is CCCCCCCCCC(O)CCCCCCCC(=O)C(C)(C)C. The summed E-state index contributed by atoms with van der Waals surface area (Å²) in [5.74, 6) is 0.382. The summed E-state index contributed by atoms with van der Waals surface area (Å²) in [6.45, 7) is 8.26. The molecule has 0 aromatic heterocycles. The van der Waals surface area contributed by atoms with Crippen LogP contribution in [0.1, 0.15) is 124 Å². The number of unbranched alkanes of at least 4 members (excludes halogenated alkanes) is 10. The fourth-order valence-electron chi connectivity index (χ4n) is 3.05. The van der Waals surface area contributed by atoms with Crippen LogP contribution in [0.5, 0.6) is 0 Å². The number of aliphatic hydroxyl groups excluding tert-OH is 1. The van der Waals surface area contributed by atoms with Crippen LogP contribution in [0.3, 0.4) is 0 Å². The summed E-state index contributed by atoms with van der Waals surface area (Å²) in [6, 6.07) is 0. The molecule has 1 atom stereocenters. The molecule has 0 saturated heterocycles. The van der Waals surface area contributed by atoms with Crippen molar-refractivity contribution in [1.82, 2.24) is 0 Å². The molecule has 0 aromatic rings. The maximum Gasteiger partial charge on any atom is 0.138 e. The second-order valence-electron chi connectivity index (χ2n) is 8.54. The van der Waals surface area contributed by atoms with Crippen molar-refractivity contribution >= 4 is 5.78 Å². The minimum absolute atomic E-state index is 0.0943. The lowest BCUT2D eigenvalue weighted by Crippen LogP contribution is -2.19. The zero-order valence-electron chi connectivity index (χ0n) is 17.0. The number of hydrogen-bond acceptors (Lipinski definition) is 2. The Bertz CT molecular complexity index is 291. The Morgan fingerprint density at radius 2 is 1.17 bits per heavy atom. The van der Waals surface area contributed by atoms with Gasteiger partial charge in [0.2, 0.25) is 0 Å². The number of hydrogen-bond donors (Lipinski definition) is 1. The molecule has 2 heteroatoms. The molecular formula is C22H44O2. The van der Waals surface area contributed by atoms with E-state index in [0.717, 1.165) is 38.5 Å². The molecule has 0 spiro atoms. The molecule has 0 heterocycles. The van der Waals surface area contributed by atoms with Crippen molar-refractivity contribution < 1.29 is 9.90 Å². The molecule has 0 saturated carbocycles. The Labute approximate surface area is 151 Å². The lowest BCUT2D eigenvalue weighted by atomic mass is 9.88. The minimum atomic E-state index is -0.180. The summed E-state index contributed by atoms with van der Waals surface area (Å²) in [5.41, 5.74) is -0.180. The maximum absolute atomic E-state index is 11.8. The third-order valence-corrected chi connectivity index (χ3v) is 4.92. The van der Waals surface area contributed by atoms with Crippen LogP contribution in [-0.4, -0.2) is 17.0 Å². The first-order chi connectivity index (χ1) is 11.4. The average molecular weight is 341 g/mol. The van der Waals surface area contributed by atoms with Gasteiger partial charge in [-0.1, -0.05) is 98.3 Å². The van der Waals surface area contributed by atoms with E-state index < -0.39 is 0 Å². The van der Waals surface area contributed by atoms with Gasteiger partial charge in [-0.3, -0.25) is 4.79 Å². The van der Waals surface area contributed by atoms with E-state index in [9.17, 15) is 9.90 Å². The van der Waals surface area contributed by atoms with E-state index in [4.69, 9.17) is 0 Å². The zero-order valence-corrected chi connectivity index (χ0v) is 17.0. The molecule has 1 N–H and O–H groups in total. The monoisotopic (exact) mass is 340 g/mol. The quantitative estimate of drug-likeness (QED) is 0.312. The topological polar surface area (TPSA) is 37.3 Å². The second kappa shape index (κ2) is 14.9. The third-order valence-electron chi connectivity index (χ3n) is 4.92. The Kier molecular flexibility index (Phi) is 14.7. The van der Waals surface area contributed by atoms with Crippen molar-refractivity contribution in [3.63, 3.8) is 0 Å². The number of carbonyl (C=O) groups excluding carboxylic acids is 1. The molecule has 0 aliphatic rings. The van der Waals surface area contributed by atoms with Crippen LogP contribution in [0.25, 0.3) is 0 Å². The molecule has 0 aliphatic heterocycles. The predicted molar refractivity (Wildman–Crippen MR) is 105 cm³/mol. The van der Waals surface area contributed by atoms with E-state index in [-0.39, 0.29) is 11.5 Å². The first-order valence-electron chi connectivity index (χ1n) is 10.6. The van der Waals surface area contributed by atoms with Gasteiger partial charge in [0.05, 0.1) is 6.10 Å². The van der Waals surface area contributed by atoms with E-state index in [2.05, 4.69) is 6.92 Å². The number of Topliss-reactive ketones (excluding diaryl/α,β-unsaturated/α-hetero) is 1. The largest absolute Gasteiger partial charge is 0.393 e. The summed E-state index contributed by atoms with van der Waals surface area (Å²) >= 11 is 0. The minimum Gasteiger partial charge on any atom is -0.393 e. The zero-order chi connectivity index (χ0) is 18.3. The van der Waals surface area contributed by atoms with Crippen LogP contribution in [0, 0.1) is 5.41 Å². The van der Waals surface area contributed by atoms with Gasteiger partial charge in [-0.2, -0.15) is 0 Å². The first kappa shape index (κ1) is 23.6. The van der Waals surface area contributed by atoms with Gasteiger partial charge >= 0.3 is 0 Å². The van der Waals surface area contributed by atoms with Crippen LogP contribution in [0.2, 0.25) is 0 Å². The van der Waals surface area contributed by atoms with Crippen molar-refractivity contribution in [1.29, 1.82) is 0 Å². The van der Waals surface area contributed by atoms with Gasteiger partial charge in [0.25, 0.3) is 0 Å². The van der Waals surface area contributed by atoms with Crippen LogP contribution < -0.4 is 0 Å². The van der Waals surface area contributed by atoms with Gasteiger partial charge in [0.1, 0.15) is 5.78 Å². The maximum atomic E-state index is 11.8. The molecule has 24 heavy (non-hydrogen) atoms. The predicted octanol–water partition coefficient (Wildman–Crippen LogP) is 6.83. The van der Waals surface area contributed by atoms with E-state index in [1.165, 1.54) is 57.8 Å². The summed E-state index contributed by atoms with van der Waals surface area (Å²) in [6.07, 6.45) is 17.5. The van der Waals surface area contributed by atoms with Crippen molar-refractivity contribution in [3.05, 3.63) is 0 Å². The van der Waals surface area contributed by atoms with Crippen LogP contribution >= 0.6 is 0 Å². The highest BCUT2D eigenvalue weighted by Gasteiger charge is 2.19. The van der Waals surface area contributed by atoms with Crippen molar-refractivity contribution in [3.8, 4) is 0 Å². The number of carbonyl (C=O) groups is 1. The molecule has 1 unspecified atom stereocenters. The van der Waals surface area contributed by atoms with Gasteiger partial charge in [-0.05, 0) is 19.3 Å². The van der Waals surface area contributed by atoms with Crippen molar-refractivity contribution in [2.45, 2.75) is 130 Å². The Hall–Kier alpha value is -0.370. The fraction of sp³-hybridized carbons (Fsp3) is 0.955. The molecule has 0 rings (SSSR count). The molecule has 0 aromatic carbocycles. The van der Waals surface area contributed by atoms with Gasteiger partial charge in [0, 0.05) is 11.8 Å². The molecule has 0 bridgehead atoms. The highest BCUT2D eigenvalue weighted by atomic mass is 16.3. The lowest BCUT2D eigenvalue weighted by molar-refractivity contribution is -0.126. The Morgan fingerprint density at radius 3 is 1.62 bits per heavy atom. The second-order valence-corrected chi connectivity index (χ2v) is 8.54. The van der Waals surface area contributed by atoms with E-state index in [1.807, 2.05) is 20.8 Å². The van der Waals surface area contributed by atoms with Crippen LogP contribution in [0.4, 0.5) is 0 Å². The number of aliphatic hydroxyl groups is 1. The highest BCUT2D eigenvalue weighted by molar-refractivity contribution is 5.83. The fourth-order valence-corrected chi connectivity index (χ4v) is 3.05. The molecule has 0 aliphatic carbocycles. The van der Waals surface area contributed by atoms with E-state index in [1.54, 1.807) is 0 Å². The van der Waals surface area contributed by atoms with Crippen molar-refractivity contribution in [2.75, 3.05) is 0 Å². The van der Waals surface area contributed by atoms with Gasteiger partial charge in [-0.15, -0.1) is 0 Å². The molecule has 0 amide bonds. The first-order valence-corrected chi connectivity index (χ1v) is 10.6. The standard InChI is InChI=1S/C22H44O2/c1-5-6-7-8-9-11-14-17-20(23)18-15-12-10-13-16-19-21(24)22(2,3)4/h20,23H,5-19H2,1-4H3. The number of ketones is 1. The van der Waals surface area contributed by atoms with Crippen LogP contribution in [-0.2, 0) is 4.79 Å². The van der Waals surface area contributed by atoms with Gasteiger partial charge in [-0.25, -0.2) is 0 Å². The number of rotatable bonds is 16. The Morgan fingerprint density at radius 1 is 0.750 bits per heavy atom. The van der Waals surface area contributed by atoms with Gasteiger partial charge < -0.3 is 5.11 Å². The average Bonchev–Trinajstić information content (AvgIpc) is 2.52. The third kappa shape index (κ3) is 15.2. The lowest BCUT2D eigenvalue weighted by Gasteiger charge is -2.16. The van der Waals surface area contributed by atoms with E-state index in [0.29, 0.717) is 5.78 Å². The Balaban J connectivity index is 3.31. The highest BCUT2D eigenvalue weighted by Crippen LogP contribution is 2.19. The van der Waals surface area contributed by atoms with Crippen molar-refractivity contribution in [2.24, 2.45) is 5.41 Å². The van der Waals surface area contributed by atoms with Gasteiger partial charge in [0.15, 0.2) is 0 Å². The molecule has 144 valence electrons. The molecule has 0 radical (unpaired) electrons. The smallest absolute Gasteiger partial charge is 0.138 e. The summed E-state index contributed by atoms with van der Waals surface area (Å²) in [5, 5.41) is 10.0. The summed E-state index contributed by atoms with van der Waals surface area (Å²) in [7, 11) is 0. The molecule has 0 fully saturated rings. The molecule has 2 nitrogen and oxygen atoms in total. The summed E-state index contributed by atoms with van der Waals surface area (Å²) < 4.78 is 0. The normalized spacial score (nSPS) is 13.2.